The van der Waals surface area contributed by atoms with E-state index in [0.29, 0.717) is 18.0 Å². The molecule has 2 aliphatic rings. The summed E-state index contributed by atoms with van der Waals surface area (Å²) in [7, 11) is 0. The lowest BCUT2D eigenvalue weighted by atomic mass is 9.94. The molecule has 5 nitrogen and oxygen atoms in total. The molecule has 0 bridgehead atoms. The van der Waals surface area contributed by atoms with Gasteiger partial charge in [0.05, 0.1) is 0 Å². The maximum absolute atomic E-state index is 12.8. The van der Waals surface area contributed by atoms with Crippen molar-refractivity contribution in [3.63, 3.8) is 0 Å². The fourth-order valence-corrected chi connectivity index (χ4v) is 2.90. The highest BCUT2D eigenvalue weighted by Crippen LogP contribution is 2.30. The Morgan fingerprint density at radius 1 is 1.33 bits per heavy atom. The first-order chi connectivity index (χ1) is 10.1. The SMILES string of the molecule is O=C(O)CN(CC1CC1)C(=O)c1cccc2c1CCNC2. The van der Waals surface area contributed by atoms with E-state index in [9.17, 15) is 9.59 Å². The Hall–Kier alpha value is -1.88. The summed E-state index contributed by atoms with van der Waals surface area (Å²) in [6, 6.07) is 5.74. The standard InChI is InChI=1S/C16H20N2O3/c19-15(20)10-18(9-11-4-5-11)16(21)14-3-1-2-12-8-17-7-6-13(12)14/h1-3,11,17H,4-10H2,(H,19,20). The van der Waals surface area contributed by atoms with Crippen LogP contribution in [0.25, 0.3) is 0 Å². The molecule has 0 saturated heterocycles. The molecule has 1 saturated carbocycles. The zero-order valence-electron chi connectivity index (χ0n) is 12.0. The second-order valence-corrected chi connectivity index (χ2v) is 5.89. The van der Waals surface area contributed by atoms with Crippen molar-refractivity contribution in [3.8, 4) is 0 Å². The number of hydrogen-bond donors (Lipinski definition) is 2. The highest BCUT2D eigenvalue weighted by atomic mass is 16.4. The van der Waals surface area contributed by atoms with Crippen molar-refractivity contribution in [3.05, 3.63) is 34.9 Å². The molecule has 0 atom stereocenters. The first-order valence-electron chi connectivity index (χ1n) is 7.47. The summed E-state index contributed by atoms with van der Waals surface area (Å²) in [6.45, 7) is 1.99. The monoisotopic (exact) mass is 288 g/mol. The molecule has 3 rings (SSSR count). The van der Waals surface area contributed by atoms with Gasteiger partial charge >= 0.3 is 5.97 Å². The predicted octanol–water partition coefficient (Wildman–Crippen LogP) is 1.27. The normalized spacial score (nSPS) is 17.1. The molecular weight excluding hydrogens is 268 g/mol. The van der Waals surface area contributed by atoms with E-state index < -0.39 is 5.97 Å². The maximum Gasteiger partial charge on any atom is 0.323 e. The number of nitrogens with zero attached hydrogens (tertiary/aromatic N) is 1. The Labute approximate surface area is 123 Å². The third-order valence-electron chi connectivity index (χ3n) is 4.16. The molecule has 1 aromatic rings. The van der Waals surface area contributed by atoms with Gasteiger partial charge in [0.25, 0.3) is 5.91 Å². The summed E-state index contributed by atoms with van der Waals surface area (Å²) in [5.74, 6) is -0.604. The van der Waals surface area contributed by atoms with Crippen LogP contribution in [0.4, 0.5) is 0 Å². The second kappa shape index (κ2) is 5.85. The lowest BCUT2D eigenvalue weighted by Gasteiger charge is -2.25. The maximum atomic E-state index is 12.8. The third-order valence-corrected chi connectivity index (χ3v) is 4.16. The Kier molecular flexibility index (Phi) is 3.92. The van der Waals surface area contributed by atoms with Crippen LogP contribution in [-0.4, -0.2) is 41.5 Å². The highest BCUT2D eigenvalue weighted by Gasteiger charge is 2.29. The fraction of sp³-hybridized carbons (Fsp3) is 0.500. The number of fused-ring (bicyclic) bond motifs is 1. The first-order valence-corrected chi connectivity index (χ1v) is 7.47. The molecule has 0 spiro atoms. The van der Waals surface area contributed by atoms with E-state index in [1.54, 1.807) is 0 Å². The number of benzene rings is 1. The summed E-state index contributed by atoms with van der Waals surface area (Å²) < 4.78 is 0. The van der Waals surface area contributed by atoms with E-state index in [1.807, 2.05) is 18.2 Å². The topological polar surface area (TPSA) is 69.6 Å². The Morgan fingerprint density at radius 3 is 2.86 bits per heavy atom. The van der Waals surface area contributed by atoms with Crippen LogP contribution in [-0.2, 0) is 17.8 Å². The first kappa shape index (κ1) is 14.1. The molecule has 1 fully saturated rings. The number of carboxylic acid groups (broad SMARTS) is 1. The van der Waals surface area contributed by atoms with Crippen molar-refractivity contribution in [1.29, 1.82) is 0 Å². The van der Waals surface area contributed by atoms with Gasteiger partial charge in [0.1, 0.15) is 6.54 Å². The van der Waals surface area contributed by atoms with Crippen LogP contribution >= 0.6 is 0 Å². The van der Waals surface area contributed by atoms with Gasteiger partial charge in [-0.25, -0.2) is 0 Å². The van der Waals surface area contributed by atoms with Gasteiger partial charge in [-0.2, -0.15) is 0 Å². The number of rotatable bonds is 5. The molecule has 2 N–H and O–H groups in total. The van der Waals surface area contributed by atoms with Crippen LogP contribution in [0.2, 0.25) is 0 Å². The van der Waals surface area contributed by atoms with Gasteiger partial charge < -0.3 is 15.3 Å². The van der Waals surface area contributed by atoms with Gasteiger partial charge in [-0.3, -0.25) is 9.59 Å². The van der Waals surface area contributed by atoms with Gasteiger partial charge in [-0.1, -0.05) is 12.1 Å². The number of hydrogen-bond acceptors (Lipinski definition) is 3. The highest BCUT2D eigenvalue weighted by molar-refractivity contribution is 5.97. The molecule has 0 aromatic heterocycles. The molecule has 1 aliphatic heterocycles. The van der Waals surface area contributed by atoms with Crippen LogP contribution < -0.4 is 5.32 Å². The molecule has 0 unspecified atom stereocenters. The molecule has 1 amide bonds. The average Bonchev–Trinajstić information content (AvgIpc) is 3.29. The van der Waals surface area contributed by atoms with Gasteiger partial charge in [-0.15, -0.1) is 0 Å². The van der Waals surface area contributed by atoms with Gasteiger partial charge in [0.15, 0.2) is 0 Å². The third kappa shape index (κ3) is 3.24. The van der Waals surface area contributed by atoms with E-state index >= 15 is 0 Å². The lowest BCUT2D eigenvalue weighted by molar-refractivity contribution is -0.137. The summed E-state index contributed by atoms with van der Waals surface area (Å²) >= 11 is 0. The predicted molar refractivity (Wildman–Crippen MR) is 78.1 cm³/mol. The summed E-state index contributed by atoms with van der Waals surface area (Å²) in [5, 5.41) is 12.3. The van der Waals surface area contributed by atoms with Crippen molar-refractivity contribution in [2.75, 3.05) is 19.6 Å². The number of carbonyl (C=O) groups is 2. The quantitative estimate of drug-likeness (QED) is 0.856. The van der Waals surface area contributed by atoms with E-state index in [-0.39, 0.29) is 12.5 Å². The Balaban J connectivity index is 1.86. The van der Waals surface area contributed by atoms with Crippen molar-refractivity contribution < 1.29 is 14.7 Å². The van der Waals surface area contributed by atoms with Crippen LogP contribution in [0.1, 0.15) is 34.3 Å². The van der Waals surface area contributed by atoms with E-state index in [0.717, 1.165) is 43.5 Å². The minimum absolute atomic E-state index is 0.136. The van der Waals surface area contributed by atoms with E-state index in [4.69, 9.17) is 5.11 Å². The molecule has 5 heteroatoms. The van der Waals surface area contributed by atoms with Crippen molar-refractivity contribution in [2.45, 2.75) is 25.8 Å². The molecule has 1 aliphatic carbocycles. The zero-order valence-corrected chi connectivity index (χ0v) is 12.0. The van der Waals surface area contributed by atoms with Crippen molar-refractivity contribution in [1.82, 2.24) is 10.2 Å². The molecular formula is C16H20N2O3. The molecule has 21 heavy (non-hydrogen) atoms. The Bertz CT molecular complexity index is 567. The smallest absolute Gasteiger partial charge is 0.323 e. The van der Waals surface area contributed by atoms with Crippen LogP contribution in [0.5, 0.6) is 0 Å². The number of amides is 1. The number of nitrogens with one attached hydrogen (secondary N) is 1. The van der Waals surface area contributed by atoms with Crippen molar-refractivity contribution >= 4 is 11.9 Å². The summed E-state index contributed by atoms with van der Waals surface area (Å²) in [5.41, 5.74) is 2.90. The number of aliphatic carboxylic acids is 1. The molecule has 0 radical (unpaired) electrons. The summed E-state index contributed by atoms with van der Waals surface area (Å²) in [6.07, 6.45) is 3.02. The number of carbonyl (C=O) groups excluding carboxylic acids is 1. The second-order valence-electron chi connectivity index (χ2n) is 5.89. The zero-order chi connectivity index (χ0) is 14.8. The van der Waals surface area contributed by atoms with E-state index in [1.165, 1.54) is 4.90 Å². The Morgan fingerprint density at radius 2 is 2.14 bits per heavy atom. The minimum Gasteiger partial charge on any atom is -0.480 e. The molecule has 1 heterocycles. The lowest BCUT2D eigenvalue weighted by Crippen LogP contribution is -2.38. The molecule has 112 valence electrons. The average molecular weight is 288 g/mol. The van der Waals surface area contributed by atoms with Crippen LogP contribution in [0.15, 0.2) is 18.2 Å². The van der Waals surface area contributed by atoms with Crippen molar-refractivity contribution in [2.24, 2.45) is 5.92 Å². The number of carboxylic acids is 1. The van der Waals surface area contributed by atoms with Gasteiger partial charge in [-0.05, 0) is 48.9 Å². The van der Waals surface area contributed by atoms with Gasteiger partial charge in [0, 0.05) is 18.7 Å². The van der Waals surface area contributed by atoms with Crippen LogP contribution in [0, 0.1) is 5.92 Å². The molecule has 1 aromatic carbocycles. The minimum atomic E-state index is -0.949. The fourth-order valence-electron chi connectivity index (χ4n) is 2.90. The van der Waals surface area contributed by atoms with Gasteiger partial charge in [0.2, 0.25) is 0 Å². The van der Waals surface area contributed by atoms with Crippen LogP contribution in [0.3, 0.4) is 0 Å². The summed E-state index contributed by atoms with van der Waals surface area (Å²) in [4.78, 5) is 25.3. The largest absolute Gasteiger partial charge is 0.480 e. The van der Waals surface area contributed by atoms with E-state index in [2.05, 4.69) is 5.32 Å².